The van der Waals surface area contributed by atoms with E-state index in [-0.39, 0.29) is 10.8 Å². The topological polar surface area (TPSA) is 65.7 Å². The maximum Gasteiger partial charge on any atom is 0.175 e. The lowest BCUT2D eigenvalue weighted by molar-refractivity contribution is 0.382. The maximum atomic E-state index is 11.8. The molecule has 0 atom stereocenters. The van der Waals surface area contributed by atoms with Crippen LogP contribution in [0.15, 0.2) is 45.7 Å². The predicted octanol–water partition coefficient (Wildman–Crippen LogP) is 4.64. The van der Waals surface area contributed by atoms with E-state index in [1.165, 1.54) is 6.26 Å². The summed E-state index contributed by atoms with van der Waals surface area (Å²) < 4.78 is 40.5. The average Bonchev–Trinajstić information content (AvgIpc) is 3.02. The first-order valence-electron chi connectivity index (χ1n) is 8.24. The fourth-order valence-electron chi connectivity index (χ4n) is 3.04. The van der Waals surface area contributed by atoms with Gasteiger partial charge in [0.25, 0.3) is 0 Å². The molecule has 0 spiro atoms. The number of benzene rings is 2. The standard InChI is InChI=1S/C20H22O5S/c1-12(2)20-18(23-3)10-14(11-19(20)24-4)17-9-13-8-15(26(5,21)22)6-7-16(13)25-17/h6-12H,1-5H3. The van der Waals surface area contributed by atoms with E-state index in [4.69, 9.17) is 13.9 Å². The Morgan fingerprint density at radius 3 is 2.08 bits per heavy atom. The van der Waals surface area contributed by atoms with Crippen molar-refractivity contribution in [1.82, 2.24) is 0 Å². The summed E-state index contributed by atoms with van der Waals surface area (Å²) in [7, 11) is -0.0149. The summed E-state index contributed by atoms with van der Waals surface area (Å²) in [6.07, 6.45) is 1.19. The van der Waals surface area contributed by atoms with Gasteiger partial charge in [-0.2, -0.15) is 0 Å². The Balaban J connectivity index is 2.17. The Morgan fingerprint density at radius 1 is 0.962 bits per heavy atom. The molecule has 5 nitrogen and oxygen atoms in total. The molecule has 0 aliphatic carbocycles. The number of furan rings is 1. The Kier molecular flexibility index (Phi) is 4.71. The first kappa shape index (κ1) is 18.3. The van der Waals surface area contributed by atoms with Gasteiger partial charge >= 0.3 is 0 Å². The number of hydrogen-bond acceptors (Lipinski definition) is 5. The molecule has 0 unspecified atom stereocenters. The van der Waals surface area contributed by atoms with Crippen LogP contribution in [0.25, 0.3) is 22.3 Å². The smallest absolute Gasteiger partial charge is 0.175 e. The summed E-state index contributed by atoms with van der Waals surface area (Å²) in [5, 5.41) is 0.730. The number of rotatable bonds is 5. The average molecular weight is 374 g/mol. The first-order valence-corrected chi connectivity index (χ1v) is 10.1. The highest BCUT2D eigenvalue weighted by Gasteiger charge is 2.18. The van der Waals surface area contributed by atoms with Gasteiger partial charge in [-0.3, -0.25) is 0 Å². The molecule has 2 aromatic carbocycles. The van der Waals surface area contributed by atoms with Gasteiger partial charge in [-0.1, -0.05) is 13.8 Å². The summed E-state index contributed by atoms with van der Waals surface area (Å²) in [6.45, 7) is 4.15. The Morgan fingerprint density at radius 2 is 1.58 bits per heavy atom. The normalized spacial score (nSPS) is 11.9. The van der Waals surface area contributed by atoms with E-state index in [1.54, 1.807) is 32.4 Å². The van der Waals surface area contributed by atoms with Crippen molar-refractivity contribution in [2.45, 2.75) is 24.7 Å². The van der Waals surface area contributed by atoms with E-state index in [1.807, 2.05) is 18.2 Å². The van der Waals surface area contributed by atoms with Crippen molar-refractivity contribution >= 4 is 20.8 Å². The van der Waals surface area contributed by atoms with Gasteiger partial charge in [0, 0.05) is 22.8 Å². The molecule has 138 valence electrons. The number of fused-ring (bicyclic) bond motifs is 1. The third-order valence-corrected chi connectivity index (χ3v) is 5.43. The summed E-state index contributed by atoms with van der Waals surface area (Å²) in [5.74, 6) is 2.32. The molecule has 0 bridgehead atoms. The monoisotopic (exact) mass is 374 g/mol. The van der Waals surface area contributed by atoms with Gasteiger partial charge in [-0.05, 0) is 42.3 Å². The van der Waals surface area contributed by atoms with Crippen LogP contribution >= 0.6 is 0 Å². The van der Waals surface area contributed by atoms with Crippen LogP contribution in [0.2, 0.25) is 0 Å². The molecule has 3 aromatic rings. The van der Waals surface area contributed by atoms with Crippen molar-refractivity contribution in [1.29, 1.82) is 0 Å². The van der Waals surface area contributed by atoms with Gasteiger partial charge in [0.2, 0.25) is 0 Å². The van der Waals surface area contributed by atoms with E-state index in [0.29, 0.717) is 11.3 Å². The fraction of sp³-hybridized carbons (Fsp3) is 0.300. The molecule has 0 amide bonds. The molecule has 0 radical (unpaired) electrons. The van der Waals surface area contributed by atoms with Crippen LogP contribution in [0.1, 0.15) is 25.3 Å². The van der Waals surface area contributed by atoms with Crippen LogP contribution in [-0.2, 0) is 9.84 Å². The van der Waals surface area contributed by atoms with Crippen LogP contribution < -0.4 is 9.47 Å². The van der Waals surface area contributed by atoms with Crippen LogP contribution in [0.3, 0.4) is 0 Å². The highest BCUT2D eigenvalue weighted by molar-refractivity contribution is 7.90. The minimum atomic E-state index is -3.27. The third-order valence-electron chi connectivity index (χ3n) is 4.32. The molecule has 0 saturated heterocycles. The molecule has 26 heavy (non-hydrogen) atoms. The summed E-state index contributed by atoms with van der Waals surface area (Å²) in [5.41, 5.74) is 2.42. The summed E-state index contributed by atoms with van der Waals surface area (Å²) in [4.78, 5) is 0.266. The van der Waals surface area contributed by atoms with Crippen LogP contribution in [0, 0.1) is 0 Å². The Hall–Kier alpha value is -2.47. The quantitative estimate of drug-likeness (QED) is 0.651. The minimum absolute atomic E-state index is 0.238. The molecule has 0 N–H and O–H groups in total. The molecule has 6 heteroatoms. The van der Waals surface area contributed by atoms with E-state index in [9.17, 15) is 8.42 Å². The lowest BCUT2D eigenvalue weighted by Crippen LogP contribution is -1.99. The van der Waals surface area contributed by atoms with Crippen molar-refractivity contribution in [3.05, 3.63) is 42.0 Å². The Labute approximate surface area is 153 Å². The summed E-state index contributed by atoms with van der Waals surface area (Å²) in [6, 6.07) is 10.5. The molecular weight excluding hydrogens is 352 g/mol. The van der Waals surface area contributed by atoms with Gasteiger partial charge in [-0.25, -0.2) is 8.42 Å². The van der Waals surface area contributed by atoms with Gasteiger partial charge in [0.05, 0.1) is 19.1 Å². The largest absolute Gasteiger partial charge is 0.496 e. The molecule has 0 aliphatic rings. The Bertz CT molecular complexity index is 1040. The molecule has 0 fully saturated rings. The fourth-order valence-corrected chi connectivity index (χ4v) is 3.70. The van der Waals surface area contributed by atoms with Crippen molar-refractivity contribution in [3.8, 4) is 22.8 Å². The number of methoxy groups -OCH3 is 2. The minimum Gasteiger partial charge on any atom is -0.496 e. The van der Waals surface area contributed by atoms with Gasteiger partial charge < -0.3 is 13.9 Å². The zero-order chi connectivity index (χ0) is 19.1. The van der Waals surface area contributed by atoms with Crippen LogP contribution in [0.5, 0.6) is 11.5 Å². The van der Waals surface area contributed by atoms with Crippen molar-refractivity contribution in [3.63, 3.8) is 0 Å². The van der Waals surface area contributed by atoms with Crippen molar-refractivity contribution in [2.24, 2.45) is 0 Å². The number of hydrogen-bond donors (Lipinski definition) is 0. The second-order valence-corrected chi connectivity index (χ2v) is 8.55. The van der Waals surface area contributed by atoms with Crippen molar-refractivity contribution in [2.75, 3.05) is 20.5 Å². The highest BCUT2D eigenvalue weighted by Crippen LogP contribution is 2.40. The lowest BCUT2D eigenvalue weighted by atomic mass is 9.98. The van der Waals surface area contributed by atoms with Crippen molar-refractivity contribution < 1.29 is 22.3 Å². The third kappa shape index (κ3) is 3.29. The zero-order valence-electron chi connectivity index (χ0n) is 15.5. The number of sulfone groups is 1. The van der Waals surface area contributed by atoms with E-state index >= 15 is 0 Å². The first-order chi connectivity index (χ1) is 12.2. The molecule has 1 aromatic heterocycles. The van der Waals surface area contributed by atoms with Crippen LogP contribution in [-0.4, -0.2) is 28.9 Å². The zero-order valence-corrected chi connectivity index (χ0v) is 16.3. The molecular formula is C20H22O5S. The maximum absolute atomic E-state index is 11.8. The van der Waals surface area contributed by atoms with Gasteiger partial charge in [0.15, 0.2) is 9.84 Å². The van der Waals surface area contributed by atoms with Gasteiger partial charge in [-0.15, -0.1) is 0 Å². The predicted molar refractivity (Wildman–Crippen MR) is 102 cm³/mol. The second-order valence-electron chi connectivity index (χ2n) is 6.53. The molecule has 0 aliphatic heterocycles. The summed E-state index contributed by atoms with van der Waals surface area (Å²) >= 11 is 0. The lowest BCUT2D eigenvalue weighted by Gasteiger charge is -2.17. The van der Waals surface area contributed by atoms with Crippen LogP contribution in [0.4, 0.5) is 0 Å². The van der Waals surface area contributed by atoms with Gasteiger partial charge in [0.1, 0.15) is 22.8 Å². The molecule has 3 rings (SSSR count). The number of ether oxygens (including phenoxy) is 2. The second kappa shape index (κ2) is 6.68. The highest BCUT2D eigenvalue weighted by atomic mass is 32.2. The SMILES string of the molecule is COc1cc(-c2cc3cc(S(C)(=O)=O)ccc3o2)cc(OC)c1C(C)C. The van der Waals surface area contributed by atoms with E-state index in [2.05, 4.69) is 13.8 Å². The molecule has 0 saturated carbocycles. The van der Waals surface area contributed by atoms with E-state index in [0.717, 1.165) is 28.0 Å². The van der Waals surface area contributed by atoms with E-state index < -0.39 is 9.84 Å². The molecule has 1 heterocycles.